The lowest BCUT2D eigenvalue weighted by Crippen LogP contribution is -2.28. The Labute approximate surface area is 107 Å². The third kappa shape index (κ3) is 5.04. The number of nitrogens with one attached hydrogen (secondary N) is 1. The molecule has 0 spiro atoms. The van der Waals surface area contributed by atoms with Gasteiger partial charge in [-0.2, -0.15) is 0 Å². The molecule has 1 aromatic heterocycles. The van der Waals surface area contributed by atoms with Gasteiger partial charge in [0.25, 0.3) is 5.91 Å². The van der Waals surface area contributed by atoms with E-state index in [1.807, 2.05) is 6.92 Å². The summed E-state index contributed by atoms with van der Waals surface area (Å²) in [6.45, 7) is 2.33. The van der Waals surface area contributed by atoms with Crippen LogP contribution >= 0.6 is 15.9 Å². The molecule has 0 bridgehead atoms. The fourth-order valence-corrected chi connectivity index (χ4v) is 1.57. The molecule has 1 heterocycles. The van der Waals surface area contributed by atoms with E-state index in [2.05, 4.69) is 21.2 Å². The van der Waals surface area contributed by atoms with Crippen LogP contribution in [0.3, 0.4) is 0 Å². The van der Waals surface area contributed by atoms with Crippen molar-refractivity contribution in [3.8, 4) is 0 Å². The Hall–Kier alpha value is -1.30. The van der Waals surface area contributed by atoms with Crippen LogP contribution in [0, 0.1) is 5.92 Å². The predicted molar refractivity (Wildman–Crippen MR) is 64.8 cm³/mol. The van der Waals surface area contributed by atoms with Crippen LogP contribution in [0.1, 0.15) is 30.3 Å². The highest BCUT2D eigenvalue weighted by Gasteiger charge is 2.12. The predicted octanol–water partition coefficient (Wildman–Crippen LogP) is 2.27. The summed E-state index contributed by atoms with van der Waals surface area (Å²) in [5.74, 6) is -0.758. The lowest BCUT2D eigenvalue weighted by molar-refractivity contribution is -0.137. The molecule has 17 heavy (non-hydrogen) atoms. The standard InChI is InChI=1S/C11H14BrNO4/c1-7(2-5-10(14)15)6-13-11(16)8-3-4-9(12)17-8/h3-4,7H,2,5-6H2,1H3,(H,13,16)(H,14,15). The average molecular weight is 304 g/mol. The van der Waals surface area contributed by atoms with E-state index in [1.165, 1.54) is 0 Å². The molecule has 6 heteroatoms. The van der Waals surface area contributed by atoms with E-state index in [9.17, 15) is 9.59 Å². The zero-order valence-corrected chi connectivity index (χ0v) is 11.0. The van der Waals surface area contributed by atoms with Gasteiger partial charge in [-0.3, -0.25) is 9.59 Å². The van der Waals surface area contributed by atoms with Gasteiger partial charge in [0.2, 0.25) is 0 Å². The summed E-state index contributed by atoms with van der Waals surface area (Å²) in [6.07, 6.45) is 0.654. The third-order valence-corrected chi connectivity index (χ3v) is 2.69. The van der Waals surface area contributed by atoms with E-state index in [0.717, 1.165) is 0 Å². The Morgan fingerprint density at radius 2 is 2.24 bits per heavy atom. The van der Waals surface area contributed by atoms with Crippen molar-refractivity contribution in [3.63, 3.8) is 0 Å². The molecule has 1 unspecified atom stereocenters. The highest BCUT2D eigenvalue weighted by molar-refractivity contribution is 9.10. The van der Waals surface area contributed by atoms with Gasteiger partial charge in [0.05, 0.1) is 0 Å². The van der Waals surface area contributed by atoms with E-state index in [-0.39, 0.29) is 24.0 Å². The van der Waals surface area contributed by atoms with Gasteiger partial charge in [-0.1, -0.05) is 6.92 Å². The van der Waals surface area contributed by atoms with Crippen molar-refractivity contribution in [3.05, 3.63) is 22.6 Å². The van der Waals surface area contributed by atoms with E-state index in [4.69, 9.17) is 9.52 Å². The molecule has 2 N–H and O–H groups in total. The second kappa shape index (κ2) is 6.44. The van der Waals surface area contributed by atoms with E-state index < -0.39 is 5.97 Å². The van der Waals surface area contributed by atoms with Gasteiger partial charge in [0, 0.05) is 13.0 Å². The van der Waals surface area contributed by atoms with Crippen LogP contribution in [-0.2, 0) is 4.79 Å². The summed E-state index contributed by atoms with van der Waals surface area (Å²) in [4.78, 5) is 21.9. The van der Waals surface area contributed by atoms with E-state index in [0.29, 0.717) is 17.6 Å². The summed E-state index contributed by atoms with van der Waals surface area (Å²) in [5, 5.41) is 11.2. The summed E-state index contributed by atoms with van der Waals surface area (Å²) < 4.78 is 5.59. The smallest absolute Gasteiger partial charge is 0.303 e. The molecule has 0 saturated heterocycles. The molecule has 1 aromatic rings. The Morgan fingerprint density at radius 3 is 2.76 bits per heavy atom. The highest BCUT2D eigenvalue weighted by Crippen LogP contribution is 2.14. The monoisotopic (exact) mass is 303 g/mol. The van der Waals surface area contributed by atoms with Gasteiger partial charge >= 0.3 is 5.97 Å². The molecular formula is C11H14BrNO4. The molecule has 0 fully saturated rings. The van der Waals surface area contributed by atoms with Crippen molar-refractivity contribution in [1.29, 1.82) is 0 Å². The van der Waals surface area contributed by atoms with Gasteiger partial charge in [-0.15, -0.1) is 0 Å². The van der Waals surface area contributed by atoms with Crippen LogP contribution < -0.4 is 5.32 Å². The van der Waals surface area contributed by atoms with Gasteiger partial charge in [-0.05, 0) is 40.4 Å². The van der Waals surface area contributed by atoms with Crippen molar-refractivity contribution < 1.29 is 19.1 Å². The van der Waals surface area contributed by atoms with Crippen molar-refractivity contribution in [2.24, 2.45) is 5.92 Å². The third-order valence-electron chi connectivity index (χ3n) is 2.26. The number of furan rings is 1. The molecule has 0 aromatic carbocycles. The van der Waals surface area contributed by atoms with Crippen LogP contribution in [-0.4, -0.2) is 23.5 Å². The van der Waals surface area contributed by atoms with Gasteiger partial charge in [0.1, 0.15) is 0 Å². The molecule has 1 rings (SSSR count). The SMILES string of the molecule is CC(CCC(=O)O)CNC(=O)c1ccc(Br)o1. The van der Waals surface area contributed by atoms with Crippen molar-refractivity contribution in [2.45, 2.75) is 19.8 Å². The molecular weight excluding hydrogens is 290 g/mol. The first-order chi connectivity index (χ1) is 7.99. The van der Waals surface area contributed by atoms with Crippen LogP contribution in [0.2, 0.25) is 0 Å². The topological polar surface area (TPSA) is 79.5 Å². The van der Waals surface area contributed by atoms with Gasteiger partial charge in [-0.25, -0.2) is 0 Å². The summed E-state index contributed by atoms with van der Waals surface area (Å²) in [7, 11) is 0. The molecule has 0 saturated carbocycles. The summed E-state index contributed by atoms with van der Waals surface area (Å²) >= 11 is 3.11. The summed E-state index contributed by atoms with van der Waals surface area (Å²) in [5.41, 5.74) is 0. The Morgan fingerprint density at radius 1 is 1.53 bits per heavy atom. The fourth-order valence-electron chi connectivity index (χ4n) is 1.26. The Bertz CT molecular complexity index is 402. The molecule has 0 aliphatic rings. The normalized spacial score (nSPS) is 12.1. The average Bonchev–Trinajstić information content (AvgIpc) is 2.70. The quantitative estimate of drug-likeness (QED) is 0.845. The number of halogens is 1. The zero-order chi connectivity index (χ0) is 12.8. The lowest BCUT2D eigenvalue weighted by Gasteiger charge is -2.10. The zero-order valence-electron chi connectivity index (χ0n) is 9.40. The van der Waals surface area contributed by atoms with Crippen molar-refractivity contribution in [2.75, 3.05) is 6.54 Å². The second-order valence-electron chi connectivity index (χ2n) is 3.85. The molecule has 5 nitrogen and oxygen atoms in total. The van der Waals surface area contributed by atoms with Crippen molar-refractivity contribution >= 4 is 27.8 Å². The highest BCUT2D eigenvalue weighted by atomic mass is 79.9. The molecule has 0 aliphatic heterocycles. The first-order valence-corrected chi connectivity index (χ1v) is 6.03. The molecule has 1 amide bonds. The van der Waals surface area contributed by atoms with Crippen LogP contribution in [0.5, 0.6) is 0 Å². The van der Waals surface area contributed by atoms with Crippen LogP contribution in [0.15, 0.2) is 21.2 Å². The van der Waals surface area contributed by atoms with Crippen LogP contribution in [0.4, 0.5) is 0 Å². The number of carboxylic acid groups (broad SMARTS) is 1. The van der Waals surface area contributed by atoms with Crippen molar-refractivity contribution in [1.82, 2.24) is 5.32 Å². The number of hydrogen-bond acceptors (Lipinski definition) is 3. The maximum Gasteiger partial charge on any atom is 0.303 e. The number of rotatable bonds is 6. The maximum absolute atomic E-state index is 11.6. The number of carbonyl (C=O) groups excluding carboxylic acids is 1. The van der Waals surface area contributed by atoms with E-state index >= 15 is 0 Å². The number of carboxylic acids is 1. The maximum atomic E-state index is 11.6. The molecule has 94 valence electrons. The van der Waals surface area contributed by atoms with E-state index in [1.54, 1.807) is 12.1 Å². The first-order valence-electron chi connectivity index (χ1n) is 5.24. The molecule has 0 radical (unpaired) electrons. The lowest BCUT2D eigenvalue weighted by atomic mass is 10.1. The number of hydrogen-bond donors (Lipinski definition) is 2. The van der Waals surface area contributed by atoms with Crippen LogP contribution in [0.25, 0.3) is 0 Å². The molecule has 0 aliphatic carbocycles. The largest absolute Gasteiger partial charge is 0.481 e. The Balaban J connectivity index is 2.30. The minimum absolute atomic E-state index is 0.114. The number of carbonyl (C=O) groups is 2. The minimum atomic E-state index is -0.821. The number of aliphatic carboxylic acids is 1. The summed E-state index contributed by atoms with van der Waals surface area (Å²) in [6, 6.07) is 3.21. The first kappa shape index (κ1) is 13.8. The van der Waals surface area contributed by atoms with Gasteiger partial charge < -0.3 is 14.8 Å². The fraction of sp³-hybridized carbons (Fsp3) is 0.455. The number of amides is 1. The molecule has 1 atom stereocenters. The second-order valence-corrected chi connectivity index (χ2v) is 4.63. The Kier molecular flexibility index (Phi) is 5.21. The minimum Gasteiger partial charge on any atom is -0.481 e. The van der Waals surface area contributed by atoms with Gasteiger partial charge in [0.15, 0.2) is 10.4 Å².